The van der Waals surface area contributed by atoms with Crippen LogP contribution in [0.2, 0.25) is 10.0 Å². The van der Waals surface area contributed by atoms with Crippen molar-refractivity contribution in [2.75, 3.05) is 33.3 Å². The van der Waals surface area contributed by atoms with Gasteiger partial charge in [0.15, 0.2) is 0 Å². The lowest BCUT2D eigenvalue weighted by Gasteiger charge is -2.33. The molecule has 134 valence electrons. The molecule has 0 amide bonds. The Bertz CT molecular complexity index is 733. The van der Waals surface area contributed by atoms with Crippen LogP contribution < -0.4 is 10.1 Å². The third kappa shape index (κ3) is 4.09. The van der Waals surface area contributed by atoms with Crippen LogP contribution in [0.4, 0.5) is 4.39 Å². The Morgan fingerprint density at radius 3 is 2.76 bits per heavy atom. The fraction of sp³-hybridized carbons (Fsp3) is 0.368. The fourth-order valence-corrected chi connectivity index (χ4v) is 3.75. The van der Waals surface area contributed by atoms with Gasteiger partial charge < -0.3 is 10.1 Å². The van der Waals surface area contributed by atoms with E-state index in [1.807, 2.05) is 12.1 Å². The van der Waals surface area contributed by atoms with Gasteiger partial charge in [-0.3, -0.25) is 4.90 Å². The van der Waals surface area contributed by atoms with E-state index in [-0.39, 0.29) is 11.9 Å². The van der Waals surface area contributed by atoms with Crippen LogP contribution in [-0.2, 0) is 0 Å². The maximum absolute atomic E-state index is 14.0. The highest BCUT2D eigenvalue weighted by Crippen LogP contribution is 2.40. The Kier molecular flexibility index (Phi) is 6.18. The Morgan fingerprint density at radius 2 is 1.96 bits per heavy atom. The van der Waals surface area contributed by atoms with E-state index in [4.69, 9.17) is 27.9 Å². The molecule has 0 aliphatic carbocycles. The van der Waals surface area contributed by atoms with Crippen molar-refractivity contribution in [1.82, 2.24) is 10.2 Å². The first-order chi connectivity index (χ1) is 12.1. The molecule has 3 nitrogen and oxygen atoms in total. The molecular weight excluding hydrogens is 362 g/mol. The summed E-state index contributed by atoms with van der Waals surface area (Å²) < 4.78 is 19.6. The number of benzene rings is 2. The standard InChI is InChI=1S/C19H21Cl2FN2O/c1-25-17-7-6-13(22)12-15(17)19(24-10-3-8-23-9-11-24)14-4-2-5-16(20)18(14)21/h2,4-7,12,19,23H,3,8-11H2,1H3. The molecule has 1 fully saturated rings. The van der Waals surface area contributed by atoms with Crippen molar-refractivity contribution in [2.45, 2.75) is 12.5 Å². The van der Waals surface area contributed by atoms with Crippen LogP contribution in [0.1, 0.15) is 23.6 Å². The smallest absolute Gasteiger partial charge is 0.124 e. The van der Waals surface area contributed by atoms with E-state index >= 15 is 0 Å². The molecule has 2 aromatic carbocycles. The van der Waals surface area contributed by atoms with E-state index in [1.54, 1.807) is 19.2 Å². The lowest BCUT2D eigenvalue weighted by atomic mass is 9.95. The van der Waals surface area contributed by atoms with E-state index in [0.717, 1.165) is 43.7 Å². The summed E-state index contributed by atoms with van der Waals surface area (Å²) in [5.74, 6) is 0.339. The lowest BCUT2D eigenvalue weighted by molar-refractivity contribution is 0.236. The van der Waals surface area contributed by atoms with Crippen LogP contribution in [0.3, 0.4) is 0 Å². The average molecular weight is 383 g/mol. The summed E-state index contributed by atoms with van der Waals surface area (Å²) in [4.78, 5) is 2.30. The second-order valence-electron chi connectivity index (χ2n) is 6.07. The Balaban J connectivity index is 2.15. The first-order valence-electron chi connectivity index (χ1n) is 8.34. The van der Waals surface area contributed by atoms with Crippen molar-refractivity contribution in [3.8, 4) is 5.75 Å². The molecule has 1 aliphatic heterocycles. The van der Waals surface area contributed by atoms with E-state index in [9.17, 15) is 4.39 Å². The molecule has 1 aliphatic rings. The molecule has 1 saturated heterocycles. The number of nitrogens with one attached hydrogen (secondary N) is 1. The van der Waals surface area contributed by atoms with Gasteiger partial charge in [-0.2, -0.15) is 0 Å². The SMILES string of the molecule is COc1ccc(F)cc1C(c1cccc(Cl)c1Cl)N1CCCNCC1. The molecule has 25 heavy (non-hydrogen) atoms. The van der Waals surface area contributed by atoms with Gasteiger partial charge in [-0.15, -0.1) is 0 Å². The first kappa shape index (κ1) is 18.5. The second-order valence-corrected chi connectivity index (χ2v) is 6.86. The molecule has 6 heteroatoms. The summed E-state index contributed by atoms with van der Waals surface area (Å²) in [5, 5.41) is 4.39. The van der Waals surface area contributed by atoms with Crippen LogP contribution in [0, 0.1) is 5.82 Å². The largest absolute Gasteiger partial charge is 0.496 e. The van der Waals surface area contributed by atoms with Gasteiger partial charge in [0.1, 0.15) is 11.6 Å². The number of methoxy groups -OCH3 is 1. The number of hydrogen-bond donors (Lipinski definition) is 1. The summed E-state index contributed by atoms with van der Waals surface area (Å²) in [6.45, 7) is 3.53. The predicted molar refractivity (Wildman–Crippen MR) is 100 cm³/mol. The normalized spacial score (nSPS) is 17.1. The number of halogens is 3. The Hall–Kier alpha value is -1.33. The summed E-state index contributed by atoms with van der Waals surface area (Å²) in [7, 11) is 1.59. The fourth-order valence-electron chi connectivity index (χ4n) is 3.34. The van der Waals surface area contributed by atoms with Gasteiger partial charge in [0.25, 0.3) is 0 Å². The van der Waals surface area contributed by atoms with Gasteiger partial charge in [0.05, 0.1) is 23.2 Å². The van der Waals surface area contributed by atoms with Gasteiger partial charge in [-0.25, -0.2) is 4.39 Å². The average Bonchev–Trinajstić information content (AvgIpc) is 2.88. The topological polar surface area (TPSA) is 24.5 Å². The van der Waals surface area contributed by atoms with E-state index in [0.29, 0.717) is 15.8 Å². The maximum atomic E-state index is 14.0. The first-order valence-corrected chi connectivity index (χ1v) is 9.09. The van der Waals surface area contributed by atoms with Crippen LogP contribution in [-0.4, -0.2) is 38.2 Å². The maximum Gasteiger partial charge on any atom is 0.124 e. The van der Waals surface area contributed by atoms with Crippen LogP contribution in [0.5, 0.6) is 5.75 Å². The zero-order valence-electron chi connectivity index (χ0n) is 14.1. The third-order valence-corrected chi connectivity index (χ3v) is 5.34. The van der Waals surface area contributed by atoms with Crippen molar-refractivity contribution in [1.29, 1.82) is 0 Å². The highest BCUT2D eigenvalue weighted by atomic mass is 35.5. The minimum atomic E-state index is -0.299. The quantitative estimate of drug-likeness (QED) is 0.840. The third-order valence-electron chi connectivity index (χ3n) is 4.50. The zero-order chi connectivity index (χ0) is 17.8. The minimum Gasteiger partial charge on any atom is -0.496 e. The molecule has 1 atom stereocenters. The molecule has 0 spiro atoms. The van der Waals surface area contributed by atoms with Crippen LogP contribution in [0.15, 0.2) is 36.4 Å². The van der Waals surface area contributed by atoms with Gasteiger partial charge in [-0.05, 0) is 42.8 Å². The summed E-state index contributed by atoms with van der Waals surface area (Å²) in [5.41, 5.74) is 1.62. The van der Waals surface area contributed by atoms with Crippen molar-refractivity contribution in [2.24, 2.45) is 0 Å². The lowest BCUT2D eigenvalue weighted by Crippen LogP contribution is -2.33. The van der Waals surface area contributed by atoms with E-state index in [2.05, 4.69) is 10.2 Å². The number of ether oxygens (including phenoxy) is 1. The molecule has 1 heterocycles. The molecule has 1 N–H and O–H groups in total. The molecule has 0 bridgehead atoms. The molecule has 3 rings (SSSR count). The molecule has 0 saturated carbocycles. The van der Waals surface area contributed by atoms with Crippen LogP contribution >= 0.6 is 23.2 Å². The number of hydrogen-bond acceptors (Lipinski definition) is 3. The van der Waals surface area contributed by atoms with Gasteiger partial charge in [0.2, 0.25) is 0 Å². The Morgan fingerprint density at radius 1 is 1.12 bits per heavy atom. The highest BCUT2D eigenvalue weighted by Gasteiger charge is 2.28. The number of rotatable bonds is 4. The van der Waals surface area contributed by atoms with Gasteiger partial charge >= 0.3 is 0 Å². The zero-order valence-corrected chi connectivity index (χ0v) is 15.6. The summed E-state index contributed by atoms with van der Waals surface area (Å²) in [6, 6.07) is 9.95. The van der Waals surface area contributed by atoms with Gasteiger partial charge in [0, 0.05) is 25.2 Å². The molecule has 0 aromatic heterocycles. The van der Waals surface area contributed by atoms with Crippen molar-refractivity contribution < 1.29 is 9.13 Å². The molecule has 0 radical (unpaired) electrons. The minimum absolute atomic E-state index is 0.225. The van der Waals surface area contributed by atoms with E-state index < -0.39 is 0 Å². The van der Waals surface area contributed by atoms with E-state index in [1.165, 1.54) is 12.1 Å². The van der Waals surface area contributed by atoms with Crippen LogP contribution in [0.25, 0.3) is 0 Å². The summed E-state index contributed by atoms with van der Waals surface area (Å²) >= 11 is 12.8. The van der Waals surface area contributed by atoms with Gasteiger partial charge in [-0.1, -0.05) is 35.3 Å². The van der Waals surface area contributed by atoms with Crippen molar-refractivity contribution in [3.05, 3.63) is 63.4 Å². The number of nitrogens with zero attached hydrogens (tertiary/aromatic N) is 1. The molecular formula is C19H21Cl2FN2O. The van der Waals surface area contributed by atoms with Crippen molar-refractivity contribution >= 4 is 23.2 Å². The summed E-state index contributed by atoms with van der Waals surface area (Å²) in [6.07, 6.45) is 1.01. The predicted octanol–water partition coefficient (Wildman–Crippen LogP) is 4.53. The van der Waals surface area contributed by atoms with Crippen molar-refractivity contribution in [3.63, 3.8) is 0 Å². The monoisotopic (exact) mass is 382 g/mol. The second kappa shape index (κ2) is 8.37. The Labute approximate surface area is 157 Å². The molecule has 2 aromatic rings. The molecule has 1 unspecified atom stereocenters. The highest BCUT2D eigenvalue weighted by molar-refractivity contribution is 6.42.